The molecule has 0 aliphatic heterocycles. The zero-order chi connectivity index (χ0) is 21.2. The molecule has 1 aromatic heterocycles. The molecule has 0 spiro atoms. The van der Waals surface area contributed by atoms with Gasteiger partial charge in [0.1, 0.15) is 16.9 Å². The first-order valence-electron chi connectivity index (χ1n) is 9.83. The van der Waals surface area contributed by atoms with E-state index in [-0.39, 0.29) is 17.1 Å². The minimum atomic E-state index is -0.441. The van der Waals surface area contributed by atoms with E-state index in [1.54, 1.807) is 6.92 Å². The van der Waals surface area contributed by atoms with Gasteiger partial charge >= 0.3 is 0 Å². The number of anilines is 1. The molecule has 1 aliphatic rings. The van der Waals surface area contributed by atoms with E-state index in [4.69, 9.17) is 4.98 Å². The number of halogens is 1. The number of benzene rings is 1. The van der Waals surface area contributed by atoms with Gasteiger partial charge in [-0.15, -0.1) is 0 Å². The van der Waals surface area contributed by atoms with Crippen LogP contribution in [0.2, 0.25) is 0 Å². The summed E-state index contributed by atoms with van der Waals surface area (Å²) < 4.78 is 13.0. The molecule has 3 rings (SSSR count). The maximum atomic E-state index is 13.0. The summed E-state index contributed by atoms with van der Waals surface area (Å²) in [6.45, 7) is 8.55. The van der Waals surface area contributed by atoms with Gasteiger partial charge in [0.2, 0.25) is 5.91 Å². The Labute approximate surface area is 175 Å². The largest absolute Gasteiger partial charge is 0.325 e. The second-order valence-corrected chi connectivity index (χ2v) is 9.95. The van der Waals surface area contributed by atoms with E-state index < -0.39 is 5.25 Å². The van der Waals surface area contributed by atoms with Crippen LogP contribution in [-0.2, 0) is 17.6 Å². The van der Waals surface area contributed by atoms with Crippen molar-refractivity contribution in [1.82, 2.24) is 4.98 Å². The topological polar surface area (TPSA) is 65.8 Å². The van der Waals surface area contributed by atoms with E-state index >= 15 is 0 Å². The average molecular weight is 412 g/mol. The van der Waals surface area contributed by atoms with Gasteiger partial charge in [-0.3, -0.25) is 4.79 Å². The summed E-state index contributed by atoms with van der Waals surface area (Å²) in [7, 11) is 0. The lowest BCUT2D eigenvalue weighted by Crippen LogP contribution is -2.27. The molecular weight excluding hydrogens is 385 g/mol. The number of thioether (sulfide) groups is 1. The number of hydrogen-bond acceptors (Lipinski definition) is 4. The number of nitriles is 1. The van der Waals surface area contributed by atoms with Crippen molar-refractivity contribution in [1.29, 1.82) is 5.26 Å². The predicted molar refractivity (Wildman–Crippen MR) is 114 cm³/mol. The lowest BCUT2D eigenvalue weighted by atomic mass is 9.71. The third-order valence-electron chi connectivity index (χ3n) is 5.47. The fourth-order valence-electron chi connectivity index (χ4n) is 3.55. The Kier molecular flexibility index (Phi) is 6.28. The molecule has 1 amide bonds. The second kappa shape index (κ2) is 8.54. The molecule has 29 heavy (non-hydrogen) atoms. The van der Waals surface area contributed by atoms with Gasteiger partial charge < -0.3 is 5.32 Å². The lowest BCUT2D eigenvalue weighted by Gasteiger charge is -2.34. The highest BCUT2D eigenvalue weighted by atomic mass is 32.2. The molecular formula is C23H26FN3OS. The molecule has 0 bridgehead atoms. The van der Waals surface area contributed by atoms with Crippen LogP contribution < -0.4 is 5.32 Å². The predicted octanol–water partition coefficient (Wildman–Crippen LogP) is 5.36. The van der Waals surface area contributed by atoms with E-state index in [0.717, 1.165) is 30.5 Å². The van der Waals surface area contributed by atoms with Crippen molar-refractivity contribution in [2.75, 3.05) is 5.32 Å². The molecule has 0 saturated carbocycles. The van der Waals surface area contributed by atoms with Crippen LogP contribution in [0.15, 0.2) is 35.4 Å². The zero-order valence-electron chi connectivity index (χ0n) is 17.3. The summed E-state index contributed by atoms with van der Waals surface area (Å²) in [5.74, 6) is 0.0103. The normalized spacial score (nSPS) is 17.2. The summed E-state index contributed by atoms with van der Waals surface area (Å²) in [6.07, 6.45) is 2.92. The second-order valence-electron chi connectivity index (χ2n) is 8.62. The molecule has 0 fully saturated rings. The Morgan fingerprint density at radius 1 is 1.34 bits per heavy atom. The number of hydrogen-bond donors (Lipinski definition) is 1. The van der Waals surface area contributed by atoms with Crippen molar-refractivity contribution in [2.45, 2.75) is 57.2 Å². The molecule has 6 heteroatoms. The fourth-order valence-corrected chi connectivity index (χ4v) is 4.45. The number of carbonyl (C=O) groups is 1. The third-order valence-corrected chi connectivity index (χ3v) is 6.57. The molecule has 1 N–H and O–H groups in total. The SMILES string of the molecule is CC(Sc1nc2c(cc1C#N)CC(C(C)(C)C)CC2)C(=O)Nc1ccc(F)cc1. The Balaban J connectivity index is 1.74. The Bertz CT molecular complexity index is 944. The van der Waals surface area contributed by atoms with Gasteiger partial charge in [0, 0.05) is 11.4 Å². The lowest BCUT2D eigenvalue weighted by molar-refractivity contribution is -0.115. The van der Waals surface area contributed by atoms with Crippen molar-refractivity contribution < 1.29 is 9.18 Å². The molecule has 0 saturated heterocycles. The molecule has 152 valence electrons. The average Bonchev–Trinajstić information content (AvgIpc) is 2.68. The van der Waals surface area contributed by atoms with Crippen LogP contribution in [0.1, 0.15) is 50.9 Å². The standard InChI is InChI=1S/C23H26FN3OS/c1-14(21(28)26-19-8-6-18(24)7-9-19)29-22-16(13-25)11-15-12-17(23(2,3)4)5-10-20(15)27-22/h6-9,11,14,17H,5,10,12H2,1-4H3,(H,26,28). The summed E-state index contributed by atoms with van der Waals surface area (Å²) in [5, 5.41) is 12.6. The van der Waals surface area contributed by atoms with Crippen LogP contribution in [0.3, 0.4) is 0 Å². The molecule has 0 radical (unpaired) electrons. The maximum Gasteiger partial charge on any atom is 0.237 e. The number of aryl methyl sites for hydroxylation is 1. The van der Waals surface area contributed by atoms with Crippen LogP contribution >= 0.6 is 11.8 Å². The number of amides is 1. The third kappa shape index (κ3) is 5.16. The molecule has 1 aromatic carbocycles. The Hall–Kier alpha value is -2.39. The van der Waals surface area contributed by atoms with Crippen molar-refractivity contribution >= 4 is 23.4 Å². The first-order chi connectivity index (χ1) is 13.7. The molecule has 2 unspecified atom stereocenters. The van der Waals surface area contributed by atoms with E-state index in [1.165, 1.54) is 36.0 Å². The van der Waals surface area contributed by atoms with Gasteiger partial charge in [-0.2, -0.15) is 5.26 Å². The highest BCUT2D eigenvalue weighted by Crippen LogP contribution is 2.38. The number of carbonyl (C=O) groups excluding carboxylic acids is 1. The summed E-state index contributed by atoms with van der Waals surface area (Å²) in [4.78, 5) is 17.3. The number of fused-ring (bicyclic) bond motifs is 1. The minimum Gasteiger partial charge on any atom is -0.325 e. The maximum absolute atomic E-state index is 13.0. The van der Waals surface area contributed by atoms with Gasteiger partial charge in [-0.05, 0) is 73.4 Å². The van der Waals surface area contributed by atoms with Crippen LogP contribution in [0.25, 0.3) is 0 Å². The number of nitrogens with one attached hydrogen (secondary N) is 1. The zero-order valence-corrected chi connectivity index (χ0v) is 18.1. The minimum absolute atomic E-state index is 0.210. The summed E-state index contributed by atoms with van der Waals surface area (Å²) in [6, 6.07) is 9.84. The van der Waals surface area contributed by atoms with Crippen molar-refractivity contribution in [3.05, 3.63) is 53.0 Å². The summed E-state index contributed by atoms with van der Waals surface area (Å²) >= 11 is 1.28. The van der Waals surface area contributed by atoms with Crippen LogP contribution in [0.4, 0.5) is 10.1 Å². The van der Waals surface area contributed by atoms with Crippen molar-refractivity contribution in [3.8, 4) is 6.07 Å². The van der Waals surface area contributed by atoms with E-state index in [9.17, 15) is 14.4 Å². The van der Waals surface area contributed by atoms with Gasteiger partial charge in [-0.25, -0.2) is 9.37 Å². The van der Waals surface area contributed by atoms with Crippen molar-refractivity contribution in [2.24, 2.45) is 11.3 Å². The number of pyridine rings is 1. The van der Waals surface area contributed by atoms with Crippen LogP contribution in [-0.4, -0.2) is 16.1 Å². The monoisotopic (exact) mass is 411 g/mol. The van der Waals surface area contributed by atoms with Gasteiger partial charge in [0.25, 0.3) is 0 Å². The highest BCUT2D eigenvalue weighted by Gasteiger charge is 2.30. The number of nitrogens with zero attached hydrogens (tertiary/aromatic N) is 2. The van der Waals surface area contributed by atoms with Gasteiger partial charge in [0.15, 0.2) is 0 Å². The number of aromatic nitrogens is 1. The first-order valence-corrected chi connectivity index (χ1v) is 10.7. The quantitative estimate of drug-likeness (QED) is 0.688. The Morgan fingerprint density at radius 2 is 2.03 bits per heavy atom. The van der Waals surface area contributed by atoms with Crippen LogP contribution in [0.5, 0.6) is 0 Å². The molecule has 1 aliphatic carbocycles. The van der Waals surface area contributed by atoms with E-state index in [0.29, 0.717) is 22.2 Å². The number of rotatable bonds is 4. The van der Waals surface area contributed by atoms with E-state index in [2.05, 4.69) is 32.2 Å². The molecule has 2 atom stereocenters. The van der Waals surface area contributed by atoms with Gasteiger partial charge in [-0.1, -0.05) is 32.5 Å². The fraction of sp³-hybridized carbons (Fsp3) is 0.435. The van der Waals surface area contributed by atoms with E-state index in [1.807, 2.05) is 6.07 Å². The molecule has 1 heterocycles. The van der Waals surface area contributed by atoms with Gasteiger partial charge in [0.05, 0.1) is 10.8 Å². The Morgan fingerprint density at radius 3 is 2.66 bits per heavy atom. The molecule has 2 aromatic rings. The van der Waals surface area contributed by atoms with Crippen LogP contribution in [0, 0.1) is 28.5 Å². The smallest absolute Gasteiger partial charge is 0.237 e. The van der Waals surface area contributed by atoms with Crippen molar-refractivity contribution in [3.63, 3.8) is 0 Å². The first kappa shape index (κ1) is 21.3. The summed E-state index contributed by atoms with van der Waals surface area (Å²) in [5.41, 5.74) is 3.48. The molecule has 4 nitrogen and oxygen atoms in total. The highest BCUT2D eigenvalue weighted by molar-refractivity contribution is 8.00.